The van der Waals surface area contributed by atoms with E-state index in [2.05, 4.69) is 5.32 Å². The highest BCUT2D eigenvalue weighted by molar-refractivity contribution is 5.75. The van der Waals surface area contributed by atoms with Crippen LogP contribution in [-0.2, 0) is 11.0 Å². The van der Waals surface area contributed by atoms with Gasteiger partial charge in [-0.25, -0.2) is 0 Å². The third-order valence-electron chi connectivity index (χ3n) is 2.07. The maximum absolute atomic E-state index is 12.3. The predicted molar refractivity (Wildman–Crippen MR) is 58.2 cm³/mol. The van der Waals surface area contributed by atoms with Crippen LogP contribution in [0.15, 0.2) is 18.2 Å². The number of primary amides is 1. The molecule has 0 aliphatic heterocycles. The standard InChI is InChI=1S/C10H12F3N3O/c11-10(12,13)6-1-2-8(7(14)5-6)16-4-3-9(15)17/h1-2,5,16H,3-4,14H2,(H2,15,17). The van der Waals surface area contributed by atoms with Gasteiger partial charge in [-0.15, -0.1) is 0 Å². The van der Waals surface area contributed by atoms with Crippen LogP contribution in [0.5, 0.6) is 0 Å². The van der Waals surface area contributed by atoms with Crippen LogP contribution in [0, 0.1) is 0 Å². The summed E-state index contributed by atoms with van der Waals surface area (Å²) in [7, 11) is 0. The lowest BCUT2D eigenvalue weighted by atomic mass is 10.1. The molecule has 4 nitrogen and oxygen atoms in total. The average molecular weight is 247 g/mol. The summed E-state index contributed by atoms with van der Waals surface area (Å²) in [5.74, 6) is -0.497. The van der Waals surface area contributed by atoms with E-state index in [-0.39, 0.29) is 18.7 Å². The molecular formula is C10H12F3N3O. The second kappa shape index (κ2) is 4.94. The first-order valence-electron chi connectivity index (χ1n) is 4.79. The molecule has 17 heavy (non-hydrogen) atoms. The van der Waals surface area contributed by atoms with E-state index in [4.69, 9.17) is 11.5 Å². The number of benzene rings is 1. The van der Waals surface area contributed by atoms with E-state index in [9.17, 15) is 18.0 Å². The van der Waals surface area contributed by atoms with Crippen molar-refractivity contribution in [3.8, 4) is 0 Å². The fraction of sp³-hybridized carbons (Fsp3) is 0.300. The molecule has 94 valence electrons. The molecule has 0 aliphatic rings. The fourth-order valence-electron chi connectivity index (χ4n) is 1.22. The van der Waals surface area contributed by atoms with Gasteiger partial charge in [0.2, 0.25) is 5.91 Å². The van der Waals surface area contributed by atoms with Gasteiger partial charge >= 0.3 is 6.18 Å². The number of nitrogens with one attached hydrogen (secondary N) is 1. The SMILES string of the molecule is NC(=O)CCNc1ccc(C(F)(F)F)cc1N. The van der Waals surface area contributed by atoms with Gasteiger partial charge in [0.25, 0.3) is 0 Å². The summed E-state index contributed by atoms with van der Waals surface area (Å²) in [5.41, 5.74) is 9.89. The maximum Gasteiger partial charge on any atom is 0.416 e. The van der Waals surface area contributed by atoms with Crippen molar-refractivity contribution in [2.75, 3.05) is 17.6 Å². The normalized spacial score (nSPS) is 11.2. The highest BCUT2D eigenvalue weighted by Gasteiger charge is 2.30. The molecule has 1 rings (SSSR count). The first kappa shape index (κ1) is 13.1. The quantitative estimate of drug-likeness (QED) is 0.706. The van der Waals surface area contributed by atoms with Crippen molar-refractivity contribution in [1.29, 1.82) is 0 Å². The van der Waals surface area contributed by atoms with Crippen molar-refractivity contribution >= 4 is 17.3 Å². The fourth-order valence-corrected chi connectivity index (χ4v) is 1.22. The molecular weight excluding hydrogens is 235 g/mol. The molecule has 0 spiro atoms. The molecule has 0 aliphatic carbocycles. The lowest BCUT2D eigenvalue weighted by Crippen LogP contribution is -2.16. The second-order valence-corrected chi connectivity index (χ2v) is 3.44. The van der Waals surface area contributed by atoms with E-state index in [1.807, 2.05) is 0 Å². The van der Waals surface area contributed by atoms with E-state index < -0.39 is 17.6 Å². The molecule has 1 aromatic rings. The molecule has 0 unspecified atom stereocenters. The Morgan fingerprint density at radius 1 is 1.35 bits per heavy atom. The van der Waals surface area contributed by atoms with E-state index in [0.29, 0.717) is 5.69 Å². The van der Waals surface area contributed by atoms with E-state index >= 15 is 0 Å². The Balaban J connectivity index is 2.73. The molecule has 0 heterocycles. The van der Waals surface area contributed by atoms with Gasteiger partial charge in [-0.05, 0) is 18.2 Å². The largest absolute Gasteiger partial charge is 0.416 e. The highest BCUT2D eigenvalue weighted by Crippen LogP contribution is 2.32. The number of carbonyl (C=O) groups excluding carboxylic acids is 1. The predicted octanol–water partition coefficient (Wildman–Crippen LogP) is 1.57. The number of anilines is 2. The number of hydrogen-bond donors (Lipinski definition) is 3. The Morgan fingerprint density at radius 2 is 2.00 bits per heavy atom. The minimum Gasteiger partial charge on any atom is -0.397 e. The van der Waals surface area contributed by atoms with Gasteiger partial charge in [-0.2, -0.15) is 13.2 Å². The molecule has 0 saturated carbocycles. The summed E-state index contributed by atoms with van der Waals surface area (Å²) in [5, 5.41) is 2.73. The van der Waals surface area contributed by atoms with Crippen LogP contribution >= 0.6 is 0 Å². The Kier molecular flexibility index (Phi) is 3.82. The Labute approximate surface area is 95.8 Å². The second-order valence-electron chi connectivity index (χ2n) is 3.44. The zero-order valence-electron chi connectivity index (χ0n) is 8.84. The molecule has 1 amide bonds. The van der Waals surface area contributed by atoms with Crippen molar-refractivity contribution in [3.05, 3.63) is 23.8 Å². The van der Waals surface area contributed by atoms with E-state index in [1.165, 1.54) is 6.07 Å². The summed E-state index contributed by atoms with van der Waals surface area (Å²) in [6, 6.07) is 2.98. The van der Waals surface area contributed by atoms with Gasteiger partial charge in [-0.1, -0.05) is 0 Å². The number of nitrogen functional groups attached to an aromatic ring is 1. The summed E-state index contributed by atoms with van der Waals surface area (Å²) in [4.78, 5) is 10.5. The lowest BCUT2D eigenvalue weighted by molar-refractivity contribution is -0.137. The number of hydrogen-bond acceptors (Lipinski definition) is 3. The number of nitrogens with two attached hydrogens (primary N) is 2. The van der Waals surface area contributed by atoms with E-state index in [0.717, 1.165) is 12.1 Å². The van der Waals surface area contributed by atoms with Crippen LogP contribution in [0.4, 0.5) is 24.5 Å². The number of amides is 1. The first-order chi connectivity index (χ1) is 7.80. The van der Waals surface area contributed by atoms with E-state index in [1.54, 1.807) is 0 Å². The Morgan fingerprint density at radius 3 is 2.47 bits per heavy atom. The summed E-state index contributed by atoms with van der Waals surface area (Å²) >= 11 is 0. The van der Waals surface area contributed by atoms with Crippen LogP contribution in [0.1, 0.15) is 12.0 Å². The van der Waals surface area contributed by atoms with Crippen molar-refractivity contribution in [2.24, 2.45) is 5.73 Å². The monoisotopic (exact) mass is 247 g/mol. The minimum atomic E-state index is -4.42. The smallest absolute Gasteiger partial charge is 0.397 e. The molecule has 7 heteroatoms. The zero-order valence-corrected chi connectivity index (χ0v) is 8.84. The number of alkyl halides is 3. The van der Waals surface area contributed by atoms with Gasteiger partial charge in [0.1, 0.15) is 0 Å². The summed E-state index contributed by atoms with van der Waals surface area (Å²) in [6.45, 7) is 0.227. The van der Waals surface area contributed by atoms with Gasteiger partial charge < -0.3 is 16.8 Å². The molecule has 0 aromatic heterocycles. The van der Waals surface area contributed by atoms with Crippen LogP contribution in [0.3, 0.4) is 0 Å². The third kappa shape index (κ3) is 3.86. The number of carbonyl (C=O) groups is 1. The summed E-state index contributed by atoms with van der Waals surface area (Å²) < 4.78 is 37.0. The van der Waals surface area contributed by atoms with Gasteiger partial charge in [-0.3, -0.25) is 4.79 Å². The molecule has 0 atom stereocenters. The topological polar surface area (TPSA) is 81.1 Å². The van der Waals surface area contributed by atoms with Crippen LogP contribution in [0.25, 0.3) is 0 Å². The van der Waals surface area contributed by atoms with Gasteiger partial charge in [0.15, 0.2) is 0 Å². The van der Waals surface area contributed by atoms with Crippen LogP contribution in [-0.4, -0.2) is 12.5 Å². The lowest BCUT2D eigenvalue weighted by Gasteiger charge is -2.12. The van der Waals surface area contributed by atoms with Gasteiger partial charge in [0, 0.05) is 13.0 Å². The van der Waals surface area contributed by atoms with Crippen molar-refractivity contribution in [3.63, 3.8) is 0 Å². The minimum absolute atomic E-state index is 0.0238. The molecule has 0 fully saturated rings. The Hall–Kier alpha value is -1.92. The molecule has 0 saturated heterocycles. The average Bonchev–Trinajstić information content (AvgIpc) is 2.18. The molecule has 1 aromatic carbocycles. The van der Waals surface area contributed by atoms with Crippen LogP contribution in [0.2, 0.25) is 0 Å². The molecule has 5 N–H and O–H groups in total. The maximum atomic E-state index is 12.3. The van der Waals surface area contributed by atoms with Gasteiger partial charge in [0.05, 0.1) is 16.9 Å². The first-order valence-corrected chi connectivity index (χ1v) is 4.79. The number of halogens is 3. The number of rotatable bonds is 4. The molecule has 0 radical (unpaired) electrons. The van der Waals surface area contributed by atoms with Crippen LogP contribution < -0.4 is 16.8 Å². The Bertz CT molecular complexity index is 418. The molecule has 0 bridgehead atoms. The zero-order chi connectivity index (χ0) is 13.1. The third-order valence-corrected chi connectivity index (χ3v) is 2.07. The van der Waals surface area contributed by atoms with Crippen molar-refractivity contribution in [1.82, 2.24) is 0 Å². The van der Waals surface area contributed by atoms with Crippen molar-refractivity contribution < 1.29 is 18.0 Å². The summed E-state index contributed by atoms with van der Waals surface area (Å²) in [6.07, 6.45) is -4.33. The highest BCUT2D eigenvalue weighted by atomic mass is 19.4. The van der Waals surface area contributed by atoms with Crippen molar-refractivity contribution in [2.45, 2.75) is 12.6 Å².